The molecule has 1 saturated carbocycles. The zero-order valence-electron chi connectivity index (χ0n) is 16.9. The van der Waals surface area contributed by atoms with Crippen LogP contribution in [0, 0.1) is 10.1 Å². The highest BCUT2D eigenvalue weighted by atomic mass is 19.1. The molecule has 0 aliphatic heterocycles. The number of rotatable bonds is 4. The van der Waals surface area contributed by atoms with Crippen LogP contribution in [0.2, 0.25) is 0 Å². The molecule has 0 heterocycles. The Labute approximate surface area is 161 Å². The van der Waals surface area contributed by atoms with Crippen molar-refractivity contribution in [2.24, 2.45) is 0 Å². The minimum Gasteiger partial charge on any atom is -0.467 e. The second-order valence-electron chi connectivity index (χ2n) is 8.29. The molecule has 0 aromatic carbocycles. The molecule has 0 saturated heterocycles. The number of amides is 2. The van der Waals surface area contributed by atoms with E-state index in [2.05, 4.69) is 4.74 Å². The Bertz CT molecular complexity index is 681. The summed E-state index contributed by atoms with van der Waals surface area (Å²) in [5.74, 6) is -1.28. The van der Waals surface area contributed by atoms with Crippen LogP contribution in [0.4, 0.5) is 14.0 Å². The van der Waals surface area contributed by atoms with E-state index in [1.807, 2.05) is 0 Å². The molecule has 0 unspecified atom stereocenters. The molecule has 11 heteroatoms. The number of imide groups is 1. The topological polar surface area (TPSA) is 125 Å². The van der Waals surface area contributed by atoms with E-state index in [1.54, 1.807) is 0 Å². The van der Waals surface area contributed by atoms with E-state index in [1.165, 1.54) is 41.5 Å². The highest BCUT2D eigenvalue weighted by molar-refractivity contribution is 6.01. The fourth-order valence-corrected chi connectivity index (χ4v) is 2.47. The van der Waals surface area contributed by atoms with Gasteiger partial charge < -0.3 is 14.2 Å². The van der Waals surface area contributed by atoms with Gasteiger partial charge in [0.25, 0.3) is 0 Å². The number of methoxy groups -OCH3 is 1. The lowest BCUT2D eigenvalue weighted by atomic mass is 10.1. The lowest BCUT2D eigenvalue weighted by Gasteiger charge is -2.33. The van der Waals surface area contributed by atoms with Gasteiger partial charge >= 0.3 is 18.2 Å². The van der Waals surface area contributed by atoms with Gasteiger partial charge in [-0.2, -0.15) is 4.90 Å². The van der Waals surface area contributed by atoms with Gasteiger partial charge in [0.05, 0.1) is 12.0 Å². The molecular weight excluding hydrogens is 379 g/mol. The summed E-state index contributed by atoms with van der Waals surface area (Å²) >= 11 is 0. The van der Waals surface area contributed by atoms with Gasteiger partial charge in [-0.25, -0.2) is 18.8 Å². The Morgan fingerprint density at radius 2 is 1.50 bits per heavy atom. The van der Waals surface area contributed by atoms with E-state index in [9.17, 15) is 24.5 Å². The Kier molecular flexibility index (Phi) is 6.13. The number of ether oxygens (including phenoxy) is 3. The van der Waals surface area contributed by atoms with Gasteiger partial charge in [0.1, 0.15) is 11.2 Å². The number of esters is 1. The Balaban J connectivity index is 3.49. The van der Waals surface area contributed by atoms with Crippen LogP contribution in [0.1, 0.15) is 48.0 Å². The number of carbonyl (C=O) groups is 3. The van der Waals surface area contributed by atoms with Crippen molar-refractivity contribution in [1.82, 2.24) is 4.90 Å². The fraction of sp³-hybridized carbons (Fsp3) is 0.706. The van der Waals surface area contributed by atoms with Crippen molar-refractivity contribution in [1.29, 1.82) is 0 Å². The van der Waals surface area contributed by atoms with Crippen molar-refractivity contribution in [2.45, 2.75) is 70.4 Å². The van der Waals surface area contributed by atoms with Gasteiger partial charge in [0.2, 0.25) is 6.20 Å². The van der Waals surface area contributed by atoms with E-state index in [-0.39, 0.29) is 11.1 Å². The molecule has 2 atom stereocenters. The first-order valence-corrected chi connectivity index (χ1v) is 8.35. The molecule has 1 aliphatic carbocycles. The van der Waals surface area contributed by atoms with E-state index >= 15 is 4.39 Å². The maximum Gasteiger partial charge on any atom is 0.421 e. The van der Waals surface area contributed by atoms with Crippen molar-refractivity contribution >= 4 is 18.2 Å². The zero-order valence-corrected chi connectivity index (χ0v) is 16.9. The molecule has 10 nitrogen and oxygen atoms in total. The first-order chi connectivity index (χ1) is 12.5. The minimum atomic E-state index is -2.72. The Morgan fingerprint density at radius 3 is 1.82 bits per heavy atom. The number of nitro groups is 1. The average molecular weight is 404 g/mol. The van der Waals surface area contributed by atoms with E-state index in [0.717, 1.165) is 7.11 Å². The van der Waals surface area contributed by atoms with Gasteiger partial charge in [-0.05, 0) is 41.5 Å². The van der Waals surface area contributed by atoms with Crippen LogP contribution in [-0.4, -0.2) is 57.5 Å². The molecule has 1 fully saturated rings. The lowest BCUT2D eigenvalue weighted by Crippen LogP contribution is -2.57. The minimum absolute atomic E-state index is 0.194. The molecule has 2 amide bonds. The quantitative estimate of drug-likeness (QED) is 0.303. The molecule has 0 N–H and O–H groups in total. The summed E-state index contributed by atoms with van der Waals surface area (Å²) in [7, 11) is 0.933. The zero-order chi connectivity index (χ0) is 22.1. The highest BCUT2D eigenvalue weighted by Crippen LogP contribution is 2.58. The molecule has 1 rings (SSSR count). The van der Waals surface area contributed by atoms with Gasteiger partial charge in [-0.1, -0.05) is 0 Å². The van der Waals surface area contributed by atoms with Crippen LogP contribution in [0.15, 0.2) is 12.3 Å². The molecular formula is C17H25FN2O8. The monoisotopic (exact) mass is 404 g/mol. The third kappa shape index (κ3) is 4.96. The number of halogens is 1. The lowest BCUT2D eigenvalue weighted by molar-refractivity contribution is -0.403. The van der Waals surface area contributed by atoms with Crippen molar-refractivity contribution in [2.75, 3.05) is 7.11 Å². The van der Waals surface area contributed by atoms with Crippen molar-refractivity contribution < 1.29 is 37.9 Å². The number of carbonyl (C=O) groups excluding carboxylic acids is 3. The predicted molar refractivity (Wildman–Crippen MR) is 93.6 cm³/mol. The van der Waals surface area contributed by atoms with Gasteiger partial charge in [-0.15, -0.1) is 0 Å². The SMILES string of the molecule is COC(=O)[C@@]1(N(C(=O)OC(C)(C)C)C(=O)OC(C)(C)C)C[C@@]1(F)/C=C/[N+](=O)[O-]. The highest BCUT2D eigenvalue weighted by Gasteiger charge is 2.81. The van der Waals surface area contributed by atoms with E-state index < -0.39 is 51.9 Å². The number of nitrogens with zero attached hydrogens (tertiary/aromatic N) is 2. The molecule has 0 bridgehead atoms. The van der Waals surface area contributed by atoms with Crippen molar-refractivity contribution in [3.8, 4) is 0 Å². The summed E-state index contributed by atoms with van der Waals surface area (Å²) < 4.78 is 30.1. The first kappa shape index (κ1) is 23.3. The van der Waals surface area contributed by atoms with Crippen LogP contribution >= 0.6 is 0 Å². The molecule has 0 aromatic heterocycles. The van der Waals surface area contributed by atoms with Crippen LogP contribution in [-0.2, 0) is 19.0 Å². The standard InChI is InChI=1S/C17H25FN2O8/c1-14(2,3)27-12(22)20(13(23)28-15(4,5)6)17(11(21)26-7)10-16(17,18)8-9-19(24)25/h8-9H,10H2,1-7H3/b9-8+/t16-,17-/m0/s1. The van der Waals surface area contributed by atoms with Crippen molar-refractivity contribution in [3.63, 3.8) is 0 Å². The van der Waals surface area contributed by atoms with E-state index in [4.69, 9.17) is 9.47 Å². The van der Waals surface area contributed by atoms with Gasteiger partial charge in [-0.3, -0.25) is 10.1 Å². The molecule has 0 aromatic rings. The number of hydrogen-bond acceptors (Lipinski definition) is 8. The molecule has 28 heavy (non-hydrogen) atoms. The summed E-state index contributed by atoms with van der Waals surface area (Å²) in [5.41, 5.74) is -7.38. The number of hydrogen-bond donors (Lipinski definition) is 0. The normalized spacial score (nSPS) is 24.4. The largest absolute Gasteiger partial charge is 0.467 e. The summed E-state index contributed by atoms with van der Waals surface area (Å²) in [5, 5.41) is 10.6. The van der Waals surface area contributed by atoms with Gasteiger partial charge in [0, 0.05) is 12.5 Å². The van der Waals surface area contributed by atoms with Crippen LogP contribution in [0.3, 0.4) is 0 Å². The molecule has 0 spiro atoms. The van der Waals surface area contributed by atoms with Crippen LogP contribution in [0.25, 0.3) is 0 Å². The third-order valence-electron chi connectivity index (χ3n) is 3.59. The molecule has 158 valence electrons. The number of alkyl halides is 1. The maximum absolute atomic E-state index is 15.3. The first-order valence-electron chi connectivity index (χ1n) is 8.35. The fourth-order valence-electron chi connectivity index (χ4n) is 2.47. The third-order valence-corrected chi connectivity index (χ3v) is 3.59. The average Bonchev–Trinajstić information content (AvgIpc) is 3.07. The van der Waals surface area contributed by atoms with Gasteiger partial charge in [0.15, 0.2) is 11.2 Å². The predicted octanol–water partition coefficient (Wildman–Crippen LogP) is 2.97. The maximum atomic E-state index is 15.3. The van der Waals surface area contributed by atoms with E-state index in [0.29, 0.717) is 6.08 Å². The Morgan fingerprint density at radius 1 is 1.07 bits per heavy atom. The molecule has 1 aliphatic rings. The summed E-state index contributed by atoms with van der Waals surface area (Å²) in [6.45, 7) is 9.03. The summed E-state index contributed by atoms with van der Waals surface area (Å²) in [6, 6.07) is 0. The summed E-state index contributed by atoms with van der Waals surface area (Å²) in [6.07, 6.45) is -2.66. The van der Waals surface area contributed by atoms with Crippen LogP contribution in [0.5, 0.6) is 0 Å². The second-order valence-corrected chi connectivity index (χ2v) is 8.29. The molecule has 0 radical (unpaired) electrons. The summed E-state index contributed by atoms with van der Waals surface area (Å²) in [4.78, 5) is 47.6. The van der Waals surface area contributed by atoms with Crippen molar-refractivity contribution in [3.05, 3.63) is 22.4 Å². The second kappa shape index (κ2) is 7.36. The smallest absolute Gasteiger partial charge is 0.421 e. The Hall–Kier alpha value is -2.72. The van der Waals surface area contributed by atoms with Crippen LogP contribution < -0.4 is 0 Å².